The van der Waals surface area contributed by atoms with Crippen LogP contribution in [-0.4, -0.2) is 35.3 Å². The van der Waals surface area contributed by atoms with Crippen molar-refractivity contribution in [2.75, 3.05) is 25.5 Å². The quantitative estimate of drug-likeness (QED) is 0.230. The third kappa shape index (κ3) is 5.26. The van der Waals surface area contributed by atoms with Crippen molar-refractivity contribution in [2.24, 2.45) is 5.10 Å². The summed E-state index contributed by atoms with van der Waals surface area (Å²) in [7, 11) is 3.16. The number of hydrogen-bond acceptors (Lipinski definition) is 8. The highest BCUT2D eigenvalue weighted by atomic mass is 35.5. The first kappa shape index (κ1) is 21.1. The highest BCUT2D eigenvalue weighted by Gasteiger charge is 2.10. The number of hydrogen-bond donors (Lipinski definition) is 2. The summed E-state index contributed by atoms with van der Waals surface area (Å²) in [6.07, 6.45) is 1.61. The number of nitrogens with one attached hydrogen (secondary N) is 1. The maximum atomic E-state index is 6.04. The minimum atomic E-state index is 0.304. The van der Waals surface area contributed by atoms with E-state index in [0.717, 1.165) is 11.1 Å². The molecule has 0 aliphatic rings. The molecule has 152 valence electrons. The fourth-order valence-corrected chi connectivity index (χ4v) is 3.45. The van der Waals surface area contributed by atoms with Gasteiger partial charge in [0, 0.05) is 5.75 Å². The smallest absolute Gasteiger partial charge is 0.264 e. The fraction of sp³-hybridized carbons (Fsp3) is 0.167. The van der Waals surface area contributed by atoms with Gasteiger partial charge in [-0.2, -0.15) is 5.10 Å². The van der Waals surface area contributed by atoms with Gasteiger partial charge in [0.2, 0.25) is 5.16 Å². The van der Waals surface area contributed by atoms with Crippen molar-refractivity contribution >= 4 is 47.1 Å². The second kappa shape index (κ2) is 9.73. The van der Waals surface area contributed by atoms with Gasteiger partial charge in [0.25, 0.3) is 5.95 Å². The van der Waals surface area contributed by atoms with Crippen molar-refractivity contribution in [1.29, 1.82) is 0 Å². The molecule has 3 rings (SSSR count). The number of halogens is 2. The third-order valence-corrected chi connectivity index (χ3v) is 5.56. The Labute approximate surface area is 182 Å². The Morgan fingerprint density at radius 2 is 1.90 bits per heavy atom. The van der Waals surface area contributed by atoms with E-state index < -0.39 is 0 Å². The zero-order valence-corrected chi connectivity index (χ0v) is 17.9. The molecule has 0 fully saturated rings. The summed E-state index contributed by atoms with van der Waals surface area (Å²) in [5.74, 6) is 8.20. The highest BCUT2D eigenvalue weighted by molar-refractivity contribution is 7.98. The van der Waals surface area contributed by atoms with Crippen LogP contribution in [0.25, 0.3) is 0 Å². The van der Waals surface area contributed by atoms with Crippen LogP contribution in [0.15, 0.2) is 46.7 Å². The van der Waals surface area contributed by atoms with E-state index in [1.165, 1.54) is 16.4 Å². The van der Waals surface area contributed by atoms with Crippen LogP contribution < -0.4 is 20.7 Å². The van der Waals surface area contributed by atoms with Crippen LogP contribution in [0.5, 0.6) is 11.5 Å². The van der Waals surface area contributed by atoms with Crippen LogP contribution in [0.3, 0.4) is 0 Å². The standard InChI is InChI=1S/C18H18Cl2N6O2S/c1-27-15-6-4-11(8-16(15)28-2)9-22-23-17-24-25-18(26(17)21)29-10-12-3-5-13(19)14(20)7-12/h3-9H,10,21H2,1-2H3,(H,23,24)/b22-9+. The Hall–Kier alpha value is -2.62. The van der Waals surface area contributed by atoms with Crippen LogP contribution in [0.2, 0.25) is 10.0 Å². The molecule has 0 aliphatic heterocycles. The molecule has 0 aliphatic carbocycles. The lowest BCUT2D eigenvalue weighted by Gasteiger charge is -2.07. The minimum absolute atomic E-state index is 0.304. The van der Waals surface area contributed by atoms with E-state index in [-0.39, 0.29) is 0 Å². The number of ether oxygens (including phenoxy) is 2. The van der Waals surface area contributed by atoms with E-state index in [9.17, 15) is 0 Å². The second-order valence-electron chi connectivity index (χ2n) is 5.70. The SMILES string of the molecule is COc1ccc(/C=N/Nc2nnc(SCc3ccc(Cl)c(Cl)c3)n2N)cc1OC. The van der Waals surface area contributed by atoms with Gasteiger partial charge in [-0.05, 0) is 41.5 Å². The van der Waals surface area contributed by atoms with Crippen molar-refractivity contribution in [3.05, 3.63) is 57.6 Å². The zero-order chi connectivity index (χ0) is 20.8. The van der Waals surface area contributed by atoms with Crippen molar-refractivity contribution < 1.29 is 9.47 Å². The van der Waals surface area contributed by atoms with Crippen molar-refractivity contribution in [1.82, 2.24) is 14.9 Å². The normalized spacial score (nSPS) is 11.0. The number of benzene rings is 2. The topological polar surface area (TPSA) is 99.6 Å². The fourth-order valence-electron chi connectivity index (χ4n) is 2.33. The molecule has 0 radical (unpaired) electrons. The Bertz CT molecular complexity index is 1030. The average molecular weight is 453 g/mol. The van der Waals surface area contributed by atoms with Gasteiger partial charge in [0.05, 0.1) is 30.5 Å². The van der Waals surface area contributed by atoms with E-state index in [2.05, 4.69) is 20.7 Å². The number of methoxy groups -OCH3 is 2. The predicted octanol–water partition coefficient (Wildman–Crippen LogP) is 4.05. The molecule has 3 aromatic rings. The van der Waals surface area contributed by atoms with Crippen LogP contribution in [0.4, 0.5) is 5.95 Å². The first-order valence-electron chi connectivity index (χ1n) is 8.30. The number of thioether (sulfide) groups is 1. The lowest BCUT2D eigenvalue weighted by molar-refractivity contribution is 0.355. The van der Waals surface area contributed by atoms with Crippen LogP contribution >= 0.6 is 35.0 Å². The number of aromatic nitrogens is 3. The van der Waals surface area contributed by atoms with Crippen molar-refractivity contribution in [3.63, 3.8) is 0 Å². The number of nitrogens with two attached hydrogens (primary N) is 1. The second-order valence-corrected chi connectivity index (χ2v) is 7.45. The molecule has 0 bridgehead atoms. The molecule has 1 aromatic heterocycles. The molecule has 3 N–H and O–H groups in total. The number of nitrogens with zero attached hydrogens (tertiary/aromatic N) is 4. The lowest BCUT2D eigenvalue weighted by atomic mass is 10.2. The molecule has 0 saturated carbocycles. The summed E-state index contributed by atoms with van der Waals surface area (Å²) in [6, 6.07) is 10.9. The van der Waals surface area contributed by atoms with E-state index in [4.69, 9.17) is 38.5 Å². The van der Waals surface area contributed by atoms with Crippen molar-refractivity contribution in [2.45, 2.75) is 10.9 Å². The third-order valence-electron chi connectivity index (χ3n) is 3.80. The monoisotopic (exact) mass is 452 g/mol. The van der Waals surface area contributed by atoms with Crippen LogP contribution in [0.1, 0.15) is 11.1 Å². The van der Waals surface area contributed by atoms with Gasteiger partial charge in [-0.1, -0.05) is 41.0 Å². The molecular formula is C18H18Cl2N6O2S. The van der Waals surface area contributed by atoms with Gasteiger partial charge in [0.1, 0.15) is 0 Å². The molecule has 0 unspecified atom stereocenters. The van der Waals surface area contributed by atoms with Crippen LogP contribution in [0, 0.1) is 0 Å². The van der Waals surface area contributed by atoms with E-state index in [1.54, 1.807) is 44.7 Å². The molecule has 0 saturated heterocycles. The van der Waals surface area contributed by atoms with E-state index in [1.807, 2.05) is 12.1 Å². The number of nitrogen functional groups attached to an aromatic ring is 1. The number of hydrazone groups is 1. The lowest BCUT2D eigenvalue weighted by Crippen LogP contribution is -2.13. The zero-order valence-electron chi connectivity index (χ0n) is 15.6. The maximum Gasteiger partial charge on any atom is 0.264 e. The summed E-state index contributed by atoms with van der Waals surface area (Å²) in [5.41, 5.74) is 4.58. The molecule has 0 amide bonds. The Morgan fingerprint density at radius 3 is 2.62 bits per heavy atom. The molecule has 0 spiro atoms. The first-order valence-corrected chi connectivity index (χ1v) is 10.0. The molecular weight excluding hydrogens is 435 g/mol. The van der Waals surface area contributed by atoms with E-state index in [0.29, 0.717) is 38.4 Å². The van der Waals surface area contributed by atoms with Gasteiger partial charge >= 0.3 is 0 Å². The highest BCUT2D eigenvalue weighted by Crippen LogP contribution is 2.28. The van der Waals surface area contributed by atoms with Gasteiger partial charge in [0.15, 0.2) is 11.5 Å². The summed E-state index contributed by atoms with van der Waals surface area (Å²) in [4.78, 5) is 0. The van der Waals surface area contributed by atoms with E-state index >= 15 is 0 Å². The largest absolute Gasteiger partial charge is 0.493 e. The Kier molecular flexibility index (Phi) is 7.08. The summed E-state index contributed by atoms with van der Waals surface area (Å²) < 4.78 is 11.8. The van der Waals surface area contributed by atoms with Gasteiger partial charge in [-0.15, -0.1) is 10.2 Å². The van der Waals surface area contributed by atoms with Gasteiger partial charge in [-0.25, -0.2) is 10.1 Å². The summed E-state index contributed by atoms with van der Waals surface area (Å²) >= 11 is 13.4. The number of anilines is 1. The molecule has 29 heavy (non-hydrogen) atoms. The molecule has 8 nitrogen and oxygen atoms in total. The average Bonchev–Trinajstić information content (AvgIpc) is 3.08. The Balaban J connectivity index is 1.62. The van der Waals surface area contributed by atoms with Gasteiger partial charge < -0.3 is 15.3 Å². The predicted molar refractivity (Wildman–Crippen MR) is 117 cm³/mol. The minimum Gasteiger partial charge on any atom is -0.493 e. The van der Waals surface area contributed by atoms with Crippen molar-refractivity contribution in [3.8, 4) is 11.5 Å². The number of rotatable bonds is 8. The van der Waals surface area contributed by atoms with Gasteiger partial charge in [-0.3, -0.25) is 0 Å². The van der Waals surface area contributed by atoms with Crippen LogP contribution in [-0.2, 0) is 5.75 Å². The first-order chi connectivity index (χ1) is 14.0. The maximum absolute atomic E-state index is 6.04. The Morgan fingerprint density at radius 1 is 1.10 bits per heavy atom. The summed E-state index contributed by atoms with van der Waals surface area (Å²) in [6.45, 7) is 0. The summed E-state index contributed by atoms with van der Waals surface area (Å²) in [5, 5.41) is 13.8. The molecule has 0 atom stereocenters. The molecule has 11 heteroatoms. The molecule has 1 heterocycles. The molecule has 2 aromatic carbocycles.